The third kappa shape index (κ3) is 5.22. The van der Waals surface area contributed by atoms with Crippen LogP contribution in [-0.4, -0.2) is 45.6 Å². The van der Waals surface area contributed by atoms with Gasteiger partial charge in [0.15, 0.2) is 0 Å². The van der Waals surface area contributed by atoms with Crippen LogP contribution in [0.4, 0.5) is 19.0 Å². The summed E-state index contributed by atoms with van der Waals surface area (Å²) >= 11 is 0. The molecule has 2 aromatic heterocycles. The second-order valence-corrected chi connectivity index (χ2v) is 10.7. The number of hydrogen-bond acceptors (Lipinski definition) is 5. The molecule has 2 bridgehead atoms. The number of piperidine rings is 1. The second kappa shape index (κ2) is 9.89. The zero-order valence-corrected chi connectivity index (χ0v) is 21.5. The average Bonchev–Trinajstić information content (AvgIpc) is 3.58. The zero-order chi connectivity index (χ0) is 27.3. The Morgan fingerprint density at radius 1 is 1.08 bits per heavy atom. The molecule has 1 aliphatic carbocycles. The molecule has 4 heterocycles. The molecular weight excluding hydrogens is 511 g/mol. The number of carboxylic acid groups (broad SMARTS) is 1. The van der Waals surface area contributed by atoms with Crippen LogP contribution in [0, 0.1) is 6.92 Å². The minimum atomic E-state index is -4.78. The lowest BCUT2D eigenvalue weighted by Crippen LogP contribution is -2.46. The van der Waals surface area contributed by atoms with Crippen LogP contribution in [0.25, 0.3) is 11.1 Å². The fourth-order valence-electron chi connectivity index (χ4n) is 6.26. The Morgan fingerprint density at radius 3 is 2.44 bits per heavy atom. The van der Waals surface area contributed by atoms with Crippen molar-refractivity contribution in [3.63, 3.8) is 0 Å². The molecule has 2 aliphatic heterocycles. The van der Waals surface area contributed by atoms with E-state index in [1.54, 1.807) is 37.4 Å². The summed E-state index contributed by atoms with van der Waals surface area (Å²) in [5, 5.41) is 9.34. The Balaban J connectivity index is 1.20. The van der Waals surface area contributed by atoms with E-state index in [1.807, 2.05) is 0 Å². The first-order valence-corrected chi connectivity index (χ1v) is 13.3. The predicted octanol–water partition coefficient (Wildman–Crippen LogP) is 6.58. The fraction of sp³-hybridized carbons (Fsp3) is 0.448. The van der Waals surface area contributed by atoms with Crippen molar-refractivity contribution in [3.8, 4) is 16.9 Å². The van der Waals surface area contributed by atoms with Gasteiger partial charge in [-0.05, 0) is 69.6 Å². The lowest BCUT2D eigenvalue weighted by molar-refractivity contribution is -0.274. The number of nitrogens with zero attached hydrogens (tertiary/aromatic N) is 2. The van der Waals surface area contributed by atoms with E-state index >= 15 is 0 Å². The Morgan fingerprint density at radius 2 is 1.79 bits per heavy atom. The number of benzene rings is 1. The largest absolute Gasteiger partial charge is 0.573 e. The number of aromatic carboxylic acids is 1. The molecule has 3 aliphatic rings. The van der Waals surface area contributed by atoms with Gasteiger partial charge in [-0.25, -0.2) is 9.78 Å². The number of pyridine rings is 1. The first-order valence-electron chi connectivity index (χ1n) is 13.3. The highest BCUT2D eigenvalue weighted by atomic mass is 19.4. The number of H-pyrrole nitrogens is 1. The minimum absolute atomic E-state index is 0.00890. The van der Waals surface area contributed by atoms with Gasteiger partial charge in [0, 0.05) is 40.7 Å². The van der Waals surface area contributed by atoms with Crippen molar-refractivity contribution in [1.82, 2.24) is 9.97 Å². The number of halogens is 3. The van der Waals surface area contributed by atoms with Gasteiger partial charge in [-0.1, -0.05) is 18.2 Å². The van der Waals surface area contributed by atoms with Crippen molar-refractivity contribution in [3.05, 3.63) is 65.1 Å². The molecule has 2 atom stereocenters. The summed E-state index contributed by atoms with van der Waals surface area (Å²) in [4.78, 5) is 21.6. The molecule has 2 N–H and O–H groups in total. The van der Waals surface area contributed by atoms with Gasteiger partial charge < -0.3 is 24.5 Å². The Kier molecular flexibility index (Phi) is 6.53. The van der Waals surface area contributed by atoms with E-state index in [1.165, 1.54) is 12.1 Å². The highest BCUT2D eigenvalue weighted by molar-refractivity contribution is 5.89. The van der Waals surface area contributed by atoms with E-state index in [2.05, 4.69) is 19.6 Å². The minimum Gasteiger partial charge on any atom is -0.478 e. The number of aromatic nitrogens is 2. The van der Waals surface area contributed by atoms with Gasteiger partial charge >= 0.3 is 12.3 Å². The molecular formula is C29H30F3N3O4. The van der Waals surface area contributed by atoms with Crippen LogP contribution in [0.5, 0.6) is 5.75 Å². The molecule has 1 aromatic carbocycles. The molecule has 3 fully saturated rings. The number of hydrogen-bond donors (Lipinski definition) is 2. The maximum Gasteiger partial charge on any atom is 0.573 e. The molecule has 7 nitrogen and oxygen atoms in total. The maximum absolute atomic E-state index is 13.1. The van der Waals surface area contributed by atoms with E-state index in [0.717, 1.165) is 55.6 Å². The third-order valence-electron chi connectivity index (χ3n) is 8.13. The standard InChI is InChI=1S/C29H30F3N3O4/c1-16-21(28(36)37)10-11-26(34-16)35-18-8-9-19(35)13-20(12-18)38-15-24-23(14-33-27(24)17-6-7-17)22-4-2-3-5-25(22)39-29(30,31)32/h2-5,10-11,14,17-20,33H,6-9,12-13,15H2,1H3,(H,36,37). The molecule has 206 valence electrons. The first kappa shape index (κ1) is 25.7. The van der Waals surface area contributed by atoms with Crippen molar-refractivity contribution in [2.24, 2.45) is 0 Å². The number of carboxylic acids is 1. The number of ether oxygens (including phenoxy) is 2. The number of alkyl halides is 3. The SMILES string of the molecule is Cc1nc(N2C3CCC2CC(OCc2c(-c4ccccc4OC(F)(F)F)c[nH]c2C2CC2)C3)ccc1C(=O)O. The van der Waals surface area contributed by atoms with Crippen LogP contribution in [0.15, 0.2) is 42.6 Å². The molecule has 2 saturated heterocycles. The van der Waals surface area contributed by atoms with Gasteiger partial charge in [-0.3, -0.25) is 0 Å². The number of aryl methyl sites for hydroxylation is 1. The van der Waals surface area contributed by atoms with Crippen molar-refractivity contribution >= 4 is 11.8 Å². The Labute approximate surface area is 224 Å². The van der Waals surface area contributed by atoms with Crippen molar-refractivity contribution in [2.75, 3.05) is 4.90 Å². The molecule has 6 rings (SSSR count). The molecule has 0 spiro atoms. The Hall–Kier alpha value is -3.53. The smallest absolute Gasteiger partial charge is 0.478 e. The highest BCUT2D eigenvalue weighted by Crippen LogP contribution is 2.46. The summed E-state index contributed by atoms with van der Waals surface area (Å²) in [7, 11) is 0. The predicted molar refractivity (Wildman–Crippen MR) is 138 cm³/mol. The monoisotopic (exact) mass is 541 g/mol. The van der Waals surface area contributed by atoms with Crippen LogP contribution in [0.1, 0.15) is 71.8 Å². The number of para-hydroxylation sites is 1. The van der Waals surface area contributed by atoms with Crippen LogP contribution >= 0.6 is 0 Å². The van der Waals surface area contributed by atoms with Gasteiger partial charge in [-0.2, -0.15) is 0 Å². The first-order chi connectivity index (χ1) is 18.7. The molecule has 39 heavy (non-hydrogen) atoms. The normalized spacial score (nSPS) is 22.8. The van der Waals surface area contributed by atoms with Crippen LogP contribution in [-0.2, 0) is 11.3 Å². The number of anilines is 1. The fourth-order valence-corrected chi connectivity index (χ4v) is 6.26. The second-order valence-electron chi connectivity index (χ2n) is 10.7. The van der Waals surface area contributed by atoms with E-state index in [4.69, 9.17) is 4.74 Å². The van der Waals surface area contributed by atoms with Gasteiger partial charge in [0.25, 0.3) is 0 Å². The van der Waals surface area contributed by atoms with E-state index in [0.29, 0.717) is 29.3 Å². The molecule has 1 saturated carbocycles. The number of carbonyl (C=O) groups is 1. The number of nitrogens with one attached hydrogen (secondary N) is 1. The number of aromatic amines is 1. The molecule has 0 radical (unpaired) electrons. The lowest BCUT2D eigenvalue weighted by atomic mass is 9.98. The van der Waals surface area contributed by atoms with Crippen LogP contribution in [0.2, 0.25) is 0 Å². The topological polar surface area (TPSA) is 87.7 Å². The van der Waals surface area contributed by atoms with Crippen LogP contribution in [0.3, 0.4) is 0 Å². The van der Waals surface area contributed by atoms with Gasteiger partial charge in [0.1, 0.15) is 11.6 Å². The molecule has 0 amide bonds. The Bertz CT molecular complexity index is 1370. The summed E-state index contributed by atoms with van der Waals surface area (Å²) in [6.45, 7) is 2.02. The maximum atomic E-state index is 13.1. The van der Waals surface area contributed by atoms with E-state index in [-0.39, 0.29) is 29.5 Å². The van der Waals surface area contributed by atoms with Crippen LogP contribution < -0.4 is 9.64 Å². The van der Waals surface area contributed by atoms with Crippen molar-refractivity contribution in [1.29, 1.82) is 0 Å². The van der Waals surface area contributed by atoms with E-state index in [9.17, 15) is 23.1 Å². The summed E-state index contributed by atoms with van der Waals surface area (Å²) in [6.07, 6.45) is 2.73. The molecule has 10 heteroatoms. The lowest BCUT2D eigenvalue weighted by Gasteiger charge is -2.40. The highest BCUT2D eigenvalue weighted by Gasteiger charge is 2.42. The third-order valence-corrected chi connectivity index (χ3v) is 8.13. The van der Waals surface area contributed by atoms with Gasteiger partial charge in [0.05, 0.1) is 24.0 Å². The van der Waals surface area contributed by atoms with E-state index < -0.39 is 12.3 Å². The van der Waals surface area contributed by atoms with Crippen molar-refractivity contribution < 1.29 is 32.5 Å². The molecule has 2 unspecified atom stereocenters. The molecule has 3 aromatic rings. The average molecular weight is 542 g/mol. The summed E-state index contributed by atoms with van der Waals surface area (Å²) in [6, 6.07) is 10.1. The van der Waals surface area contributed by atoms with Gasteiger partial charge in [0.2, 0.25) is 0 Å². The zero-order valence-electron chi connectivity index (χ0n) is 21.5. The van der Waals surface area contributed by atoms with Gasteiger partial charge in [-0.15, -0.1) is 13.2 Å². The number of fused-ring (bicyclic) bond motifs is 2. The summed E-state index contributed by atoms with van der Waals surface area (Å²) < 4.78 is 50.1. The van der Waals surface area contributed by atoms with Crippen molar-refractivity contribution in [2.45, 2.75) is 82.5 Å². The summed E-state index contributed by atoms with van der Waals surface area (Å²) in [5.41, 5.74) is 3.70. The number of rotatable bonds is 8. The quantitative estimate of drug-likeness (QED) is 0.335. The summed E-state index contributed by atoms with van der Waals surface area (Å²) in [5.74, 6) is -0.0394.